The standard InChI is InChI=1S/C25H37N3O6/c1-2-3-4-8-13-26-15-11-21(25(12-16-28(31)32)33-17-18-34-25)24(22(26)29)19-20-10-7-5-6-9-14-27(20)23(24)30/h2,7,10,20-21H,1,3-6,8-9,11-19H2/b10-7-/t20-,21+,24+/m0/s1. The molecule has 9 nitrogen and oxygen atoms in total. The number of ether oxygens (including phenoxy) is 2. The lowest BCUT2D eigenvalue weighted by atomic mass is 9.64. The number of unbranched alkanes of at least 4 members (excludes halogenated alkanes) is 2. The van der Waals surface area contributed by atoms with Crippen LogP contribution in [0.1, 0.15) is 57.8 Å². The van der Waals surface area contributed by atoms with Gasteiger partial charge in [0.15, 0.2) is 5.79 Å². The number of amides is 2. The van der Waals surface area contributed by atoms with Gasteiger partial charge in [-0.1, -0.05) is 18.2 Å². The monoisotopic (exact) mass is 475 g/mol. The van der Waals surface area contributed by atoms with Crippen LogP contribution in [0, 0.1) is 21.4 Å². The second kappa shape index (κ2) is 10.6. The van der Waals surface area contributed by atoms with Gasteiger partial charge in [-0.15, -0.1) is 6.58 Å². The summed E-state index contributed by atoms with van der Waals surface area (Å²) < 4.78 is 12.1. The van der Waals surface area contributed by atoms with E-state index in [1.54, 1.807) is 0 Å². The maximum Gasteiger partial charge on any atom is 0.239 e. The molecule has 1 spiro atoms. The first-order valence-electron chi connectivity index (χ1n) is 12.7. The Balaban J connectivity index is 1.69. The summed E-state index contributed by atoms with van der Waals surface area (Å²) in [6, 6.07) is -0.145. The van der Waals surface area contributed by atoms with E-state index in [-0.39, 0.29) is 35.7 Å². The fourth-order valence-electron chi connectivity index (χ4n) is 6.34. The van der Waals surface area contributed by atoms with Crippen LogP contribution in [0.2, 0.25) is 0 Å². The van der Waals surface area contributed by atoms with Crippen molar-refractivity contribution in [3.05, 3.63) is 34.9 Å². The summed E-state index contributed by atoms with van der Waals surface area (Å²) in [6.45, 7) is 5.78. The van der Waals surface area contributed by atoms with Gasteiger partial charge in [0, 0.05) is 30.5 Å². The van der Waals surface area contributed by atoms with E-state index in [9.17, 15) is 19.7 Å². The zero-order valence-electron chi connectivity index (χ0n) is 20.0. The van der Waals surface area contributed by atoms with E-state index in [0.29, 0.717) is 45.7 Å². The Morgan fingerprint density at radius 3 is 2.71 bits per heavy atom. The molecule has 9 heteroatoms. The summed E-state index contributed by atoms with van der Waals surface area (Å²) in [5.74, 6) is -2.15. The Kier molecular flexibility index (Phi) is 7.72. The highest BCUT2D eigenvalue weighted by Crippen LogP contribution is 2.55. The van der Waals surface area contributed by atoms with Crippen molar-refractivity contribution < 1.29 is 24.0 Å². The fourth-order valence-corrected chi connectivity index (χ4v) is 6.34. The van der Waals surface area contributed by atoms with Crippen molar-refractivity contribution >= 4 is 11.8 Å². The molecule has 0 aliphatic carbocycles. The molecule has 0 aromatic heterocycles. The van der Waals surface area contributed by atoms with Crippen molar-refractivity contribution in [1.29, 1.82) is 0 Å². The van der Waals surface area contributed by atoms with Crippen LogP contribution in [0.15, 0.2) is 24.8 Å². The largest absolute Gasteiger partial charge is 0.347 e. The van der Waals surface area contributed by atoms with Gasteiger partial charge in [-0.25, -0.2) is 0 Å². The van der Waals surface area contributed by atoms with Gasteiger partial charge in [0.25, 0.3) is 0 Å². The van der Waals surface area contributed by atoms with Gasteiger partial charge in [0.05, 0.1) is 25.7 Å². The molecular formula is C25H37N3O6. The second-order valence-electron chi connectivity index (χ2n) is 9.90. The molecule has 34 heavy (non-hydrogen) atoms. The second-order valence-corrected chi connectivity index (χ2v) is 9.90. The van der Waals surface area contributed by atoms with Crippen molar-refractivity contribution in [2.45, 2.75) is 69.6 Å². The van der Waals surface area contributed by atoms with E-state index in [0.717, 1.165) is 38.5 Å². The molecule has 4 heterocycles. The highest BCUT2D eigenvalue weighted by atomic mass is 16.7. The molecule has 3 saturated heterocycles. The third kappa shape index (κ3) is 4.52. The molecule has 0 aromatic rings. The van der Waals surface area contributed by atoms with E-state index in [1.165, 1.54) is 0 Å². The van der Waals surface area contributed by atoms with Crippen LogP contribution in [0.25, 0.3) is 0 Å². The molecule has 0 saturated carbocycles. The molecule has 0 radical (unpaired) electrons. The smallest absolute Gasteiger partial charge is 0.239 e. The molecule has 2 amide bonds. The third-order valence-electron chi connectivity index (χ3n) is 7.94. The summed E-state index contributed by atoms with van der Waals surface area (Å²) in [4.78, 5) is 42.9. The molecular weight excluding hydrogens is 438 g/mol. The molecule has 3 fully saturated rings. The number of nitro groups is 1. The van der Waals surface area contributed by atoms with Gasteiger partial charge in [-0.2, -0.15) is 0 Å². The summed E-state index contributed by atoms with van der Waals surface area (Å²) in [5, 5.41) is 11.3. The first-order chi connectivity index (χ1) is 16.4. The van der Waals surface area contributed by atoms with Crippen LogP contribution in [0.4, 0.5) is 0 Å². The predicted molar refractivity (Wildman–Crippen MR) is 125 cm³/mol. The quantitative estimate of drug-likeness (QED) is 0.167. The number of hydrogen-bond acceptors (Lipinski definition) is 6. The number of fused-ring (bicyclic) bond motifs is 1. The van der Waals surface area contributed by atoms with Gasteiger partial charge in [0.1, 0.15) is 5.41 Å². The van der Waals surface area contributed by atoms with E-state index in [4.69, 9.17) is 9.47 Å². The first kappa shape index (κ1) is 24.9. The number of allylic oxidation sites excluding steroid dienone is 2. The maximum atomic E-state index is 14.2. The minimum absolute atomic E-state index is 0.0345. The Morgan fingerprint density at radius 1 is 1.18 bits per heavy atom. The number of piperidine rings is 1. The lowest BCUT2D eigenvalue weighted by molar-refractivity contribution is -0.488. The van der Waals surface area contributed by atoms with Crippen LogP contribution in [0.3, 0.4) is 0 Å². The lowest BCUT2D eigenvalue weighted by Gasteiger charge is -2.49. The van der Waals surface area contributed by atoms with Gasteiger partial charge >= 0.3 is 0 Å². The molecule has 0 N–H and O–H groups in total. The van der Waals surface area contributed by atoms with Crippen LogP contribution >= 0.6 is 0 Å². The molecule has 188 valence electrons. The van der Waals surface area contributed by atoms with E-state index >= 15 is 0 Å². The molecule has 3 atom stereocenters. The molecule has 0 bridgehead atoms. The molecule has 4 rings (SSSR count). The van der Waals surface area contributed by atoms with Crippen LogP contribution in [-0.2, 0) is 19.1 Å². The van der Waals surface area contributed by atoms with Crippen molar-refractivity contribution in [1.82, 2.24) is 9.80 Å². The van der Waals surface area contributed by atoms with E-state index < -0.39 is 17.1 Å². The molecule has 0 aromatic carbocycles. The predicted octanol–water partition coefficient (Wildman–Crippen LogP) is 2.93. The summed E-state index contributed by atoms with van der Waals surface area (Å²) in [6.07, 6.45) is 12.5. The Bertz CT molecular complexity index is 823. The summed E-state index contributed by atoms with van der Waals surface area (Å²) in [7, 11) is 0. The Morgan fingerprint density at radius 2 is 1.97 bits per heavy atom. The van der Waals surface area contributed by atoms with Crippen LogP contribution in [-0.4, -0.2) is 77.8 Å². The van der Waals surface area contributed by atoms with Gasteiger partial charge in [-0.3, -0.25) is 19.7 Å². The Labute approximate surface area is 201 Å². The van der Waals surface area contributed by atoms with Crippen molar-refractivity contribution in [2.24, 2.45) is 11.3 Å². The highest BCUT2D eigenvalue weighted by Gasteiger charge is 2.68. The molecule has 4 aliphatic heterocycles. The van der Waals surface area contributed by atoms with Gasteiger partial charge < -0.3 is 19.3 Å². The van der Waals surface area contributed by atoms with Crippen molar-refractivity contribution in [3.63, 3.8) is 0 Å². The summed E-state index contributed by atoms with van der Waals surface area (Å²) >= 11 is 0. The third-order valence-corrected chi connectivity index (χ3v) is 7.94. The zero-order valence-corrected chi connectivity index (χ0v) is 20.0. The number of hydrogen-bond donors (Lipinski definition) is 0. The SMILES string of the molecule is C=CCCCCN1CC[C@@H](C2(CC[N+](=O)[O-])OCCO2)[C@]2(C[C@@H]3/C=C\CCCCN3C2=O)C1=O. The number of carbonyl (C=O) groups is 2. The Hall–Kier alpha value is -2.26. The van der Waals surface area contributed by atoms with Crippen molar-refractivity contribution in [2.75, 3.05) is 39.4 Å². The highest BCUT2D eigenvalue weighted by molar-refractivity contribution is 6.07. The average Bonchev–Trinajstić information content (AvgIpc) is 3.37. The minimum Gasteiger partial charge on any atom is -0.347 e. The van der Waals surface area contributed by atoms with Gasteiger partial charge in [0.2, 0.25) is 18.4 Å². The van der Waals surface area contributed by atoms with E-state index in [1.807, 2.05) is 15.9 Å². The maximum absolute atomic E-state index is 14.2. The molecule has 4 aliphatic rings. The van der Waals surface area contributed by atoms with Gasteiger partial charge in [-0.05, 0) is 51.4 Å². The van der Waals surface area contributed by atoms with Crippen LogP contribution < -0.4 is 0 Å². The normalized spacial score (nSPS) is 31.9. The lowest BCUT2D eigenvalue weighted by Crippen LogP contribution is -2.63. The van der Waals surface area contributed by atoms with E-state index in [2.05, 4.69) is 18.7 Å². The topological polar surface area (TPSA) is 102 Å². The number of rotatable bonds is 9. The fraction of sp³-hybridized carbons (Fsp3) is 0.760. The first-order valence-corrected chi connectivity index (χ1v) is 12.7. The zero-order chi connectivity index (χ0) is 24.2. The van der Waals surface area contributed by atoms with Crippen LogP contribution in [0.5, 0.6) is 0 Å². The summed E-state index contributed by atoms with van der Waals surface area (Å²) in [5.41, 5.74) is -1.31. The number of carbonyl (C=O) groups excluding carboxylic acids is 2. The minimum atomic E-state index is -1.31. The molecule has 0 unspecified atom stereocenters. The number of likely N-dealkylation sites (tertiary alicyclic amines) is 1. The number of nitrogens with zero attached hydrogens (tertiary/aromatic N) is 3. The average molecular weight is 476 g/mol. The van der Waals surface area contributed by atoms with Crippen molar-refractivity contribution in [3.8, 4) is 0 Å².